The first-order valence-electron chi connectivity index (χ1n) is 5.80. The predicted molar refractivity (Wildman–Crippen MR) is 61.5 cm³/mol. The van der Waals surface area contributed by atoms with Crippen molar-refractivity contribution in [3.8, 4) is 0 Å². The third-order valence-corrected chi connectivity index (χ3v) is 3.43. The lowest BCUT2D eigenvalue weighted by Crippen LogP contribution is -2.31. The first kappa shape index (κ1) is 12.3. The minimum absolute atomic E-state index is 0.0846. The van der Waals surface area contributed by atoms with Crippen LogP contribution in [-0.4, -0.2) is 12.6 Å². The van der Waals surface area contributed by atoms with Crippen LogP contribution in [0.5, 0.6) is 0 Å². The molecule has 0 heterocycles. The summed E-state index contributed by atoms with van der Waals surface area (Å²) in [7, 11) is 0. The van der Waals surface area contributed by atoms with Gasteiger partial charge in [0.25, 0.3) is 0 Å². The lowest BCUT2D eigenvalue weighted by Gasteiger charge is -2.39. The molecule has 1 rings (SSSR count). The van der Waals surface area contributed by atoms with Crippen LogP contribution in [-0.2, 0) is 9.53 Å². The molecule has 0 aromatic carbocycles. The SMILES string of the molecule is C=C1CCCC(C)(C)C1CC(=O)OCC. The molecule has 86 valence electrons. The summed E-state index contributed by atoms with van der Waals surface area (Å²) < 4.78 is 5.01. The van der Waals surface area contributed by atoms with Gasteiger partial charge in [-0.3, -0.25) is 4.79 Å². The van der Waals surface area contributed by atoms with E-state index in [0.717, 1.165) is 6.42 Å². The third-order valence-electron chi connectivity index (χ3n) is 3.43. The number of rotatable bonds is 3. The molecule has 0 amide bonds. The molecule has 1 unspecified atom stereocenters. The van der Waals surface area contributed by atoms with Gasteiger partial charge in [0.2, 0.25) is 0 Å². The Labute approximate surface area is 92.7 Å². The molecule has 0 aromatic rings. The van der Waals surface area contributed by atoms with Gasteiger partial charge in [0.15, 0.2) is 0 Å². The highest BCUT2D eigenvalue weighted by Crippen LogP contribution is 2.44. The van der Waals surface area contributed by atoms with Crippen LogP contribution in [0.15, 0.2) is 12.2 Å². The summed E-state index contributed by atoms with van der Waals surface area (Å²) in [5.41, 5.74) is 1.42. The highest BCUT2D eigenvalue weighted by molar-refractivity contribution is 5.70. The Hall–Kier alpha value is -0.790. The highest BCUT2D eigenvalue weighted by atomic mass is 16.5. The second kappa shape index (κ2) is 4.82. The number of ether oxygens (including phenoxy) is 1. The molecule has 0 bridgehead atoms. The maximum Gasteiger partial charge on any atom is 0.306 e. The molecule has 0 aromatic heterocycles. The molecule has 1 aliphatic rings. The number of hydrogen-bond donors (Lipinski definition) is 0. The van der Waals surface area contributed by atoms with Gasteiger partial charge in [0, 0.05) is 0 Å². The number of carbonyl (C=O) groups is 1. The zero-order valence-electron chi connectivity index (χ0n) is 10.1. The van der Waals surface area contributed by atoms with E-state index in [2.05, 4.69) is 20.4 Å². The number of esters is 1. The van der Waals surface area contributed by atoms with Gasteiger partial charge in [-0.25, -0.2) is 0 Å². The van der Waals surface area contributed by atoms with Crippen LogP contribution in [0.25, 0.3) is 0 Å². The predicted octanol–water partition coefficient (Wildman–Crippen LogP) is 3.32. The van der Waals surface area contributed by atoms with Crippen LogP contribution in [0, 0.1) is 11.3 Å². The smallest absolute Gasteiger partial charge is 0.306 e. The summed E-state index contributed by atoms with van der Waals surface area (Å²) in [6, 6.07) is 0. The Bertz CT molecular complexity index is 253. The summed E-state index contributed by atoms with van der Waals surface area (Å²) in [5.74, 6) is 0.212. The van der Waals surface area contributed by atoms with Crippen LogP contribution < -0.4 is 0 Å². The fourth-order valence-electron chi connectivity index (χ4n) is 2.48. The Morgan fingerprint density at radius 3 is 2.80 bits per heavy atom. The van der Waals surface area contributed by atoms with E-state index < -0.39 is 0 Å². The van der Waals surface area contributed by atoms with E-state index in [-0.39, 0.29) is 11.4 Å². The lowest BCUT2D eigenvalue weighted by atomic mass is 9.65. The quantitative estimate of drug-likeness (QED) is 0.527. The lowest BCUT2D eigenvalue weighted by molar-refractivity contribution is -0.145. The van der Waals surface area contributed by atoms with Crippen molar-refractivity contribution in [2.45, 2.75) is 46.5 Å². The van der Waals surface area contributed by atoms with Gasteiger partial charge in [-0.1, -0.05) is 26.0 Å². The largest absolute Gasteiger partial charge is 0.466 e. The molecular formula is C13H22O2. The fraction of sp³-hybridized carbons (Fsp3) is 0.769. The monoisotopic (exact) mass is 210 g/mol. The van der Waals surface area contributed by atoms with Gasteiger partial charge in [0.05, 0.1) is 13.0 Å². The van der Waals surface area contributed by atoms with E-state index in [1.165, 1.54) is 18.4 Å². The average molecular weight is 210 g/mol. The molecule has 15 heavy (non-hydrogen) atoms. The molecule has 2 heteroatoms. The summed E-state index contributed by atoms with van der Waals surface area (Å²) in [6.07, 6.45) is 3.94. The van der Waals surface area contributed by atoms with Gasteiger partial charge in [0.1, 0.15) is 0 Å². The minimum atomic E-state index is -0.0846. The molecule has 1 atom stereocenters. The van der Waals surface area contributed by atoms with Crippen molar-refractivity contribution < 1.29 is 9.53 Å². The molecule has 1 aliphatic carbocycles. The fourth-order valence-corrected chi connectivity index (χ4v) is 2.48. The minimum Gasteiger partial charge on any atom is -0.466 e. The molecule has 0 N–H and O–H groups in total. The average Bonchev–Trinajstić information content (AvgIpc) is 2.12. The zero-order chi connectivity index (χ0) is 11.5. The zero-order valence-corrected chi connectivity index (χ0v) is 10.1. The molecule has 1 fully saturated rings. The second-order valence-corrected chi connectivity index (χ2v) is 5.06. The van der Waals surface area contributed by atoms with E-state index >= 15 is 0 Å². The van der Waals surface area contributed by atoms with Gasteiger partial charge in [-0.2, -0.15) is 0 Å². The van der Waals surface area contributed by atoms with Crippen LogP contribution in [0.3, 0.4) is 0 Å². The highest BCUT2D eigenvalue weighted by Gasteiger charge is 2.36. The molecule has 0 aliphatic heterocycles. The summed E-state index contributed by atoms with van der Waals surface area (Å²) >= 11 is 0. The van der Waals surface area contributed by atoms with E-state index in [9.17, 15) is 4.79 Å². The Morgan fingerprint density at radius 1 is 1.60 bits per heavy atom. The van der Waals surface area contributed by atoms with Crippen molar-refractivity contribution in [1.29, 1.82) is 0 Å². The van der Waals surface area contributed by atoms with Crippen LogP contribution >= 0.6 is 0 Å². The molecule has 0 spiro atoms. The summed E-state index contributed by atoms with van der Waals surface area (Å²) in [5, 5.41) is 0. The van der Waals surface area contributed by atoms with Crippen LogP contribution in [0.4, 0.5) is 0 Å². The Kier molecular flexibility index (Phi) is 3.95. The van der Waals surface area contributed by atoms with E-state index in [1.807, 2.05) is 6.92 Å². The van der Waals surface area contributed by atoms with Crippen molar-refractivity contribution in [3.63, 3.8) is 0 Å². The molecule has 2 nitrogen and oxygen atoms in total. The summed E-state index contributed by atoms with van der Waals surface area (Å²) in [4.78, 5) is 11.5. The van der Waals surface area contributed by atoms with Gasteiger partial charge in [-0.05, 0) is 37.5 Å². The van der Waals surface area contributed by atoms with Crippen molar-refractivity contribution in [1.82, 2.24) is 0 Å². The molecule has 1 saturated carbocycles. The molecule has 0 saturated heterocycles. The maximum absolute atomic E-state index is 11.5. The number of hydrogen-bond acceptors (Lipinski definition) is 2. The number of allylic oxidation sites excluding steroid dienone is 1. The van der Waals surface area contributed by atoms with Gasteiger partial charge in [-0.15, -0.1) is 0 Å². The van der Waals surface area contributed by atoms with Crippen LogP contribution in [0.1, 0.15) is 46.5 Å². The number of carbonyl (C=O) groups excluding carboxylic acids is 1. The first-order valence-corrected chi connectivity index (χ1v) is 5.80. The normalized spacial score (nSPS) is 25.0. The van der Waals surface area contributed by atoms with Crippen molar-refractivity contribution in [2.24, 2.45) is 11.3 Å². The van der Waals surface area contributed by atoms with Gasteiger partial charge < -0.3 is 4.74 Å². The van der Waals surface area contributed by atoms with Crippen molar-refractivity contribution in [3.05, 3.63) is 12.2 Å². The van der Waals surface area contributed by atoms with Crippen LogP contribution in [0.2, 0.25) is 0 Å². The van der Waals surface area contributed by atoms with E-state index in [4.69, 9.17) is 4.74 Å². The van der Waals surface area contributed by atoms with E-state index in [1.54, 1.807) is 0 Å². The molecule has 0 radical (unpaired) electrons. The van der Waals surface area contributed by atoms with Gasteiger partial charge >= 0.3 is 5.97 Å². The molecular weight excluding hydrogens is 188 g/mol. The Morgan fingerprint density at radius 2 is 2.27 bits per heavy atom. The third kappa shape index (κ3) is 3.08. The standard InChI is InChI=1S/C13H22O2/c1-5-15-12(14)9-11-10(2)7-6-8-13(11,3)4/h11H,2,5-9H2,1,3-4H3. The topological polar surface area (TPSA) is 26.3 Å². The summed E-state index contributed by atoms with van der Waals surface area (Å²) in [6.45, 7) is 10.9. The van der Waals surface area contributed by atoms with Crippen molar-refractivity contribution in [2.75, 3.05) is 6.61 Å². The first-order chi connectivity index (χ1) is 6.97. The maximum atomic E-state index is 11.5. The van der Waals surface area contributed by atoms with Crippen molar-refractivity contribution >= 4 is 5.97 Å². The second-order valence-electron chi connectivity index (χ2n) is 5.06. The Balaban J connectivity index is 2.63. The van der Waals surface area contributed by atoms with E-state index in [0.29, 0.717) is 18.9 Å².